The van der Waals surface area contributed by atoms with Gasteiger partial charge in [0.1, 0.15) is 0 Å². The molecule has 0 aliphatic rings. The third kappa shape index (κ3) is 9.22. The van der Waals surface area contributed by atoms with E-state index in [4.69, 9.17) is 0 Å². The number of nitrogens with two attached hydrogens (primary N) is 2. The third-order valence-electron chi connectivity index (χ3n) is 0.201. The van der Waals surface area contributed by atoms with Gasteiger partial charge in [0.25, 0.3) is 0 Å². The second kappa shape index (κ2) is 4.89. The van der Waals surface area contributed by atoms with Crippen molar-refractivity contribution in [2.75, 3.05) is 0 Å². The molecule has 0 heterocycles. The molecule has 2 amide bonds. The molecule has 4 N–H and O–H groups in total. The first kappa shape index (κ1) is 10.7. The Bertz CT molecular complexity index is 96.0. The summed E-state index contributed by atoms with van der Waals surface area (Å²) in [5.74, 6) is 0. The number of rotatable bonds is 0. The van der Waals surface area contributed by atoms with Crippen LogP contribution in [-0.4, -0.2) is 12.2 Å². The summed E-state index contributed by atoms with van der Waals surface area (Å²) in [6, 6.07) is 0. The van der Waals surface area contributed by atoms with Crippen LogP contribution in [0.2, 0.25) is 0 Å². The van der Waals surface area contributed by atoms with Crippen molar-refractivity contribution in [3.05, 3.63) is 0 Å². The first-order valence-corrected chi connectivity index (χ1v) is 1.39. The number of primary amides is 2. The Labute approximate surface area is 69.1 Å². The molecule has 42 valence electrons. The van der Waals surface area contributed by atoms with Crippen LogP contribution in [0.25, 0.3) is 0 Å². The van der Waals surface area contributed by atoms with Gasteiger partial charge in [-0.25, -0.2) is 9.59 Å². The molecule has 0 aliphatic heterocycles. The molecule has 0 aliphatic carbocycles. The van der Waals surface area contributed by atoms with Crippen LogP contribution in [0.1, 0.15) is 1.43 Å². The predicted octanol–water partition coefficient (Wildman–Crippen LogP) is -3.72. The van der Waals surface area contributed by atoms with Crippen LogP contribution in [0.15, 0.2) is 0 Å². The molecule has 0 saturated heterocycles. The normalized spacial score (nSPS) is 6.50. The summed E-state index contributed by atoms with van der Waals surface area (Å²) in [6.45, 7) is 0. The Hall–Kier alpha value is -0.260. The molecule has 0 fully saturated rings. The minimum absolute atomic E-state index is 0. The standard InChI is InChI=1S/C2H4N2O3.Na.H/c3-1(5)7-2(4)6;;/h(H2,3,5)(H2,4,6);;/q;+1;-1. The summed E-state index contributed by atoms with van der Waals surface area (Å²) in [5, 5.41) is 0. The van der Waals surface area contributed by atoms with Crippen LogP contribution in [0, 0.1) is 0 Å². The Kier molecular flexibility index (Phi) is 6.52. The molecule has 0 aromatic rings. The fourth-order valence-corrected chi connectivity index (χ4v) is 0.0991. The second-order valence-electron chi connectivity index (χ2n) is 0.740. The topological polar surface area (TPSA) is 95.4 Å². The molecule has 8 heavy (non-hydrogen) atoms. The number of hydrogen-bond acceptors (Lipinski definition) is 3. The Morgan fingerprint density at radius 1 is 1.25 bits per heavy atom. The average molecular weight is 128 g/mol. The van der Waals surface area contributed by atoms with Gasteiger partial charge in [0, 0.05) is 0 Å². The molecule has 0 rings (SSSR count). The van der Waals surface area contributed by atoms with Gasteiger partial charge in [-0.3, -0.25) is 0 Å². The number of carbonyl (C=O) groups excluding carboxylic acids is 2. The molecular formula is C2H5N2NaO3. The molecule has 0 bridgehead atoms. The van der Waals surface area contributed by atoms with Gasteiger partial charge in [-0.05, 0) is 0 Å². The fraction of sp³-hybridized carbons (Fsp3) is 0. The molecule has 0 radical (unpaired) electrons. The summed E-state index contributed by atoms with van der Waals surface area (Å²) in [4.78, 5) is 19.0. The maximum atomic E-state index is 9.51. The summed E-state index contributed by atoms with van der Waals surface area (Å²) in [5.41, 5.74) is 8.66. The molecular weight excluding hydrogens is 123 g/mol. The molecule has 5 nitrogen and oxygen atoms in total. The van der Waals surface area contributed by atoms with Crippen LogP contribution in [-0.2, 0) is 4.74 Å². The van der Waals surface area contributed by atoms with Crippen molar-refractivity contribution in [2.24, 2.45) is 11.5 Å². The minimum atomic E-state index is -1.19. The third-order valence-corrected chi connectivity index (χ3v) is 0.201. The average Bonchev–Trinajstić information content (AvgIpc) is 1.27. The first-order chi connectivity index (χ1) is 3.13. The zero-order valence-electron chi connectivity index (χ0n) is 5.38. The van der Waals surface area contributed by atoms with E-state index >= 15 is 0 Å². The van der Waals surface area contributed by atoms with Crippen molar-refractivity contribution in [2.45, 2.75) is 0 Å². The van der Waals surface area contributed by atoms with Crippen molar-refractivity contribution < 1.29 is 45.3 Å². The zero-order valence-corrected chi connectivity index (χ0v) is 6.38. The number of carbonyl (C=O) groups is 2. The molecule has 0 spiro atoms. The van der Waals surface area contributed by atoms with Gasteiger partial charge in [-0.1, -0.05) is 0 Å². The summed E-state index contributed by atoms with van der Waals surface area (Å²) >= 11 is 0. The zero-order chi connectivity index (χ0) is 5.86. The van der Waals surface area contributed by atoms with E-state index in [1.165, 1.54) is 0 Å². The van der Waals surface area contributed by atoms with Crippen LogP contribution < -0.4 is 41.0 Å². The second-order valence-corrected chi connectivity index (χ2v) is 0.740. The van der Waals surface area contributed by atoms with Crippen LogP contribution in [0.3, 0.4) is 0 Å². The Balaban J connectivity index is -0.000000180. The molecule has 0 aromatic heterocycles. The van der Waals surface area contributed by atoms with Gasteiger partial charge < -0.3 is 17.6 Å². The van der Waals surface area contributed by atoms with Crippen molar-refractivity contribution in [3.63, 3.8) is 0 Å². The summed E-state index contributed by atoms with van der Waals surface area (Å²) in [6.07, 6.45) is -2.38. The maximum absolute atomic E-state index is 9.51. The predicted molar refractivity (Wildman–Crippen MR) is 21.4 cm³/mol. The van der Waals surface area contributed by atoms with Gasteiger partial charge in [0.2, 0.25) is 0 Å². The van der Waals surface area contributed by atoms with E-state index in [9.17, 15) is 9.59 Å². The van der Waals surface area contributed by atoms with E-state index in [1.54, 1.807) is 0 Å². The van der Waals surface area contributed by atoms with Gasteiger partial charge in [0.15, 0.2) is 0 Å². The molecule has 0 aromatic carbocycles. The largest absolute Gasteiger partial charge is 1.00 e. The summed E-state index contributed by atoms with van der Waals surface area (Å²) < 4.78 is 3.53. The van der Waals surface area contributed by atoms with E-state index in [2.05, 4.69) is 16.2 Å². The SMILES string of the molecule is NC(=O)OC(N)=O.[H-].[Na+]. The number of hydrogen-bond donors (Lipinski definition) is 2. The Morgan fingerprint density at radius 2 is 1.50 bits per heavy atom. The van der Waals surface area contributed by atoms with Crippen molar-refractivity contribution in [3.8, 4) is 0 Å². The van der Waals surface area contributed by atoms with Gasteiger partial charge in [-0.2, -0.15) is 0 Å². The minimum Gasteiger partial charge on any atom is -1.00 e. The van der Waals surface area contributed by atoms with Crippen molar-refractivity contribution in [1.29, 1.82) is 0 Å². The summed E-state index contributed by atoms with van der Waals surface area (Å²) in [7, 11) is 0. The molecule has 0 saturated carbocycles. The van der Waals surface area contributed by atoms with E-state index < -0.39 is 12.2 Å². The maximum Gasteiger partial charge on any atom is 1.00 e. The first-order valence-electron chi connectivity index (χ1n) is 1.39. The van der Waals surface area contributed by atoms with E-state index in [1.807, 2.05) is 0 Å². The monoisotopic (exact) mass is 128 g/mol. The van der Waals surface area contributed by atoms with Crippen molar-refractivity contribution in [1.82, 2.24) is 0 Å². The van der Waals surface area contributed by atoms with Gasteiger partial charge >= 0.3 is 41.7 Å². The fourth-order valence-electron chi connectivity index (χ4n) is 0.0991. The Morgan fingerprint density at radius 3 is 1.50 bits per heavy atom. The van der Waals surface area contributed by atoms with Gasteiger partial charge in [-0.15, -0.1) is 0 Å². The van der Waals surface area contributed by atoms with Gasteiger partial charge in [0.05, 0.1) is 0 Å². The van der Waals surface area contributed by atoms with Crippen LogP contribution >= 0.6 is 0 Å². The van der Waals surface area contributed by atoms with Crippen LogP contribution in [0.4, 0.5) is 9.59 Å². The molecule has 0 atom stereocenters. The smallest absolute Gasteiger partial charge is 1.00 e. The molecule has 6 heteroatoms. The quantitative estimate of drug-likeness (QED) is 0.259. The van der Waals surface area contributed by atoms with Crippen molar-refractivity contribution >= 4 is 12.2 Å². The molecule has 0 unspecified atom stereocenters. The van der Waals surface area contributed by atoms with E-state index in [0.29, 0.717) is 0 Å². The van der Waals surface area contributed by atoms with Crippen LogP contribution in [0.5, 0.6) is 0 Å². The van der Waals surface area contributed by atoms with E-state index in [-0.39, 0.29) is 31.0 Å². The number of ether oxygens (including phenoxy) is 1. The number of amides is 2. The van der Waals surface area contributed by atoms with E-state index in [0.717, 1.165) is 0 Å².